The van der Waals surface area contributed by atoms with Gasteiger partial charge in [-0.15, -0.1) is 0 Å². The van der Waals surface area contributed by atoms with Crippen LogP contribution in [0.1, 0.15) is 38.6 Å². The molecule has 1 heterocycles. The maximum atomic E-state index is 10.3. The first-order chi connectivity index (χ1) is 9.24. The Hall–Kier alpha value is -1.32. The van der Waals surface area contributed by atoms with E-state index in [1.807, 2.05) is 30.3 Å². The van der Waals surface area contributed by atoms with Gasteiger partial charge >= 0.3 is 0 Å². The minimum atomic E-state index is -0.552. The maximum Gasteiger partial charge on any atom is 0.135 e. The third kappa shape index (κ3) is 3.58. The van der Waals surface area contributed by atoms with E-state index < -0.39 is 6.10 Å². The molecule has 0 amide bonds. The number of unbranched alkanes of at least 4 members (excludes halogenated alkanes) is 1. The lowest BCUT2D eigenvalue weighted by Crippen LogP contribution is -2.29. The van der Waals surface area contributed by atoms with Crippen molar-refractivity contribution >= 4 is 11.0 Å². The van der Waals surface area contributed by atoms with E-state index in [0.717, 1.165) is 24.1 Å². The summed E-state index contributed by atoms with van der Waals surface area (Å²) in [6.07, 6.45) is 1.79. The summed E-state index contributed by atoms with van der Waals surface area (Å²) in [5, 5.41) is 11.3. The molecule has 19 heavy (non-hydrogen) atoms. The zero-order chi connectivity index (χ0) is 13.7. The van der Waals surface area contributed by atoms with Crippen molar-refractivity contribution in [2.45, 2.75) is 32.8 Å². The minimum absolute atomic E-state index is 0.552. The van der Waals surface area contributed by atoms with Crippen molar-refractivity contribution in [3.05, 3.63) is 36.1 Å². The van der Waals surface area contributed by atoms with Crippen LogP contribution in [0.3, 0.4) is 0 Å². The van der Waals surface area contributed by atoms with Crippen LogP contribution in [-0.2, 0) is 0 Å². The number of hydrogen-bond donors (Lipinski definition) is 1. The van der Waals surface area contributed by atoms with E-state index in [1.165, 1.54) is 12.8 Å². The van der Waals surface area contributed by atoms with E-state index in [4.69, 9.17) is 4.42 Å². The van der Waals surface area contributed by atoms with Crippen molar-refractivity contribution in [1.29, 1.82) is 0 Å². The molecule has 104 valence electrons. The fourth-order valence-electron chi connectivity index (χ4n) is 2.26. The van der Waals surface area contributed by atoms with E-state index in [0.29, 0.717) is 12.3 Å². The van der Waals surface area contributed by atoms with Crippen molar-refractivity contribution in [3.63, 3.8) is 0 Å². The predicted molar refractivity (Wildman–Crippen MR) is 78.2 cm³/mol. The zero-order valence-corrected chi connectivity index (χ0v) is 11.8. The van der Waals surface area contributed by atoms with E-state index in [2.05, 4.69) is 18.7 Å². The van der Waals surface area contributed by atoms with Gasteiger partial charge in [0, 0.05) is 11.9 Å². The lowest BCUT2D eigenvalue weighted by atomic mass is 10.2. The van der Waals surface area contributed by atoms with Gasteiger partial charge in [-0.2, -0.15) is 0 Å². The number of likely N-dealkylation sites (N-methyl/N-ethyl adjacent to an activating group) is 1. The summed E-state index contributed by atoms with van der Waals surface area (Å²) in [5.41, 5.74) is 0.841. The van der Waals surface area contributed by atoms with Crippen molar-refractivity contribution < 1.29 is 9.52 Å². The van der Waals surface area contributed by atoms with Crippen LogP contribution < -0.4 is 0 Å². The summed E-state index contributed by atoms with van der Waals surface area (Å²) >= 11 is 0. The van der Waals surface area contributed by atoms with Gasteiger partial charge in [-0.05, 0) is 31.6 Å². The van der Waals surface area contributed by atoms with Gasteiger partial charge in [-0.25, -0.2) is 0 Å². The first kappa shape index (κ1) is 14.1. The van der Waals surface area contributed by atoms with Crippen molar-refractivity contribution in [2.24, 2.45) is 0 Å². The summed E-state index contributed by atoms with van der Waals surface area (Å²) in [6, 6.07) is 9.80. The molecule has 0 saturated carbocycles. The highest BCUT2D eigenvalue weighted by Gasteiger charge is 2.16. The summed E-state index contributed by atoms with van der Waals surface area (Å²) in [4.78, 5) is 2.27. The highest BCUT2D eigenvalue weighted by Crippen LogP contribution is 2.24. The summed E-state index contributed by atoms with van der Waals surface area (Å²) in [6.45, 7) is 6.93. The number of hydrogen-bond acceptors (Lipinski definition) is 3. The van der Waals surface area contributed by atoms with Crippen LogP contribution in [0, 0.1) is 0 Å². The van der Waals surface area contributed by atoms with E-state index in [1.54, 1.807) is 0 Å². The molecule has 0 fully saturated rings. The highest BCUT2D eigenvalue weighted by atomic mass is 16.4. The lowest BCUT2D eigenvalue weighted by molar-refractivity contribution is 0.0976. The molecule has 1 aromatic heterocycles. The summed E-state index contributed by atoms with van der Waals surface area (Å²) in [5.74, 6) is 0.663. The van der Waals surface area contributed by atoms with Gasteiger partial charge in [0.25, 0.3) is 0 Å². The van der Waals surface area contributed by atoms with Crippen LogP contribution in [0.15, 0.2) is 34.7 Å². The second-order valence-corrected chi connectivity index (χ2v) is 4.95. The largest absolute Gasteiger partial charge is 0.458 e. The van der Waals surface area contributed by atoms with Gasteiger partial charge in [-0.1, -0.05) is 38.5 Å². The molecule has 1 aromatic carbocycles. The molecule has 1 atom stereocenters. The second-order valence-electron chi connectivity index (χ2n) is 4.95. The molecule has 2 rings (SSSR count). The average Bonchev–Trinajstić information content (AvgIpc) is 2.87. The average molecular weight is 261 g/mol. The molecule has 3 nitrogen and oxygen atoms in total. The van der Waals surface area contributed by atoms with E-state index in [-0.39, 0.29) is 0 Å². The predicted octanol–water partition coefficient (Wildman–Crippen LogP) is 3.59. The molecule has 2 aromatic rings. The molecular formula is C16H23NO2. The fraction of sp³-hybridized carbons (Fsp3) is 0.500. The Kier molecular flexibility index (Phi) is 5.00. The van der Waals surface area contributed by atoms with Gasteiger partial charge in [0.15, 0.2) is 0 Å². The van der Waals surface area contributed by atoms with Crippen LogP contribution in [0.25, 0.3) is 11.0 Å². The normalized spacial score (nSPS) is 13.3. The van der Waals surface area contributed by atoms with Gasteiger partial charge in [0.05, 0.1) is 0 Å². The molecule has 0 bridgehead atoms. The fourth-order valence-corrected chi connectivity index (χ4v) is 2.26. The Morgan fingerprint density at radius 2 is 2.05 bits per heavy atom. The third-order valence-electron chi connectivity index (χ3n) is 3.48. The standard InChI is InChI=1S/C16H23NO2/c1-3-5-10-17(4-2)12-14(18)16-11-13-8-6-7-9-15(13)19-16/h6-9,11,14,18H,3-5,10,12H2,1-2H3. The SMILES string of the molecule is CCCCN(CC)CC(O)c1cc2ccccc2o1. The number of rotatable bonds is 7. The number of nitrogens with zero attached hydrogens (tertiary/aromatic N) is 1. The van der Waals surface area contributed by atoms with Crippen LogP contribution >= 0.6 is 0 Å². The molecule has 1 N–H and O–H groups in total. The number of benzene rings is 1. The van der Waals surface area contributed by atoms with E-state index in [9.17, 15) is 5.11 Å². The van der Waals surface area contributed by atoms with Crippen LogP contribution in [0.5, 0.6) is 0 Å². The van der Waals surface area contributed by atoms with Crippen molar-refractivity contribution in [1.82, 2.24) is 4.90 Å². The molecule has 0 spiro atoms. The molecule has 0 aliphatic carbocycles. The van der Waals surface area contributed by atoms with Crippen LogP contribution in [0.2, 0.25) is 0 Å². The zero-order valence-electron chi connectivity index (χ0n) is 11.8. The number of para-hydroxylation sites is 1. The number of fused-ring (bicyclic) bond motifs is 1. The Morgan fingerprint density at radius 3 is 2.74 bits per heavy atom. The topological polar surface area (TPSA) is 36.6 Å². The smallest absolute Gasteiger partial charge is 0.135 e. The number of aliphatic hydroxyl groups is 1. The molecule has 0 aliphatic heterocycles. The summed E-state index contributed by atoms with van der Waals surface area (Å²) in [7, 11) is 0. The monoisotopic (exact) mass is 261 g/mol. The quantitative estimate of drug-likeness (QED) is 0.827. The van der Waals surface area contributed by atoms with Crippen LogP contribution in [-0.4, -0.2) is 29.6 Å². The van der Waals surface area contributed by atoms with Gasteiger partial charge in [-0.3, -0.25) is 0 Å². The highest BCUT2D eigenvalue weighted by molar-refractivity contribution is 5.77. The Labute approximate surface area is 114 Å². The second kappa shape index (κ2) is 6.73. The Balaban J connectivity index is 2.03. The Morgan fingerprint density at radius 1 is 1.26 bits per heavy atom. The first-order valence-electron chi connectivity index (χ1n) is 7.13. The van der Waals surface area contributed by atoms with Crippen LogP contribution in [0.4, 0.5) is 0 Å². The number of aliphatic hydroxyl groups excluding tert-OH is 1. The molecule has 0 saturated heterocycles. The molecular weight excluding hydrogens is 238 g/mol. The third-order valence-corrected chi connectivity index (χ3v) is 3.48. The molecule has 1 unspecified atom stereocenters. The van der Waals surface area contributed by atoms with Gasteiger partial charge in [0.1, 0.15) is 17.4 Å². The van der Waals surface area contributed by atoms with Gasteiger partial charge in [0.2, 0.25) is 0 Å². The maximum absolute atomic E-state index is 10.3. The number of furan rings is 1. The first-order valence-corrected chi connectivity index (χ1v) is 7.13. The van der Waals surface area contributed by atoms with Crippen molar-refractivity contribution in [3.8, 4) is 0 Å². The molecule has 0 radical (unpaired) electrons. The van der Waals surface area contributed by atoms with Crippen molar-refractivity contribution in [2.75, 3.05) is 19.6 Å². The summed E-state index contributed by atoms with van der Waals surface area (Å²) < 4.78 is 5.70. The van der Waals surface area contributed by atoms with E-state index >= 15 is 0 Å². The minimum Gasteiger partial charge on any atom is -0.458 e. The lowest BCUT2D eigenvalue weighted by Gasteiger charge is -2.22. The molecule has 0 aliphatic rings. The van der Waals surface area contributed by atoms with Gasteiger partial charge < -0.3 is 14.4 Å². The Bertz CT molecular complexity index is 473. The molecule has 3 heteroatoms.